The minimum Gasteiger partial charge on any atom is -0.204 e. The fourth-order valence-corrected chi connectivity index (χ4v) is 3.25. The molecule has 0 saturated heterocycles. The lowest BCUT2D eigenvalue weighted by Crippen LogP contribution is -2.14. The van der Waals surface area contributed by atoms with Crippen molar-refractivity contribution in [3.05, 3.63) is 47.3 Å². The van der Waals surface area contributed by atoms with E-state index in [1.807, 2.05) is 0 Å². The van der Waals surface area contributed by atoms with Crippen molar-refractivity contribution in [1.29, 1.82) is 0 Å². The first-order valence-corrected chi connectivity index (χ1v) is 8.40. The van der Waals surface area contributed by atoms with Crippen molar-refractivity contribution >= 4 is 0 Å². The van der Waals surface area contributed by atoms with Crippen LogP contribution in [0, 0.1) is 29.3 Å². The molecule has 3 heteroatoms. The summed E-state index contributed by atoms with van der Waals surface area (Å²) in [7, 11) is 0. The van der Waals surface area contributed by atoms with Crippen molar-refractivity contribution in [2.24, 2.45) is 11.8 Å². The van der Waals surface area contributed by atoms with Crippen LogP contribution in [0.25, 0.3) is 0 Å². The Morgan fingerprint density at radius 3 is 2.27 bits per heavy atom. The molecule has 0 heterocycles. The first kappa shape index (κ1) is 17.1. The zero-order valence-electron chi connectivity index (χ0n) is 13.3. The van der Waals surface area contributed by atoms with Gasteiger partial charge < -0.3 is 0 Å². The number of aryl methyl sites for hydroxylation is 1. The Kier molecular flexibility index (Phi) is 6.53. The van der Waals surface area contributed by atoms with E-state index in [4.69, 9.17) is 0 Å². The van der Waals surface area contributed by atoms with Gasteiger partial charge in [0.15, 0.2) is 17.5 Å². The maximum atomic E-state index is 13.2. The normalized spacial score (nSPS) is 22.4. The van der Waals surface area contributed by atoms with E-state index in [1.165, 1.54) is 32.1 Å². The van der Waals surface area contributed by atoms with Crippen LogP contribution in [0.5, 0.6) is 0 Å². The molecule has 0 aliphatic heterocycles. The van der Waals surface area contributed by atoms with Crippen LogP contribution in [0.4, 0.5) is 13.2 Å². The molecule has 122 valence electrons. The Labute approximate surface area is 131 Å². The van der Waals surface area contributed by atoms with Gasteiger partial charge in [-0.25, -0.2) is 13.2 Å². The largest absolute Gasteiger partial charge is 0.204 e. The predicted molar refractivity (Wildman–Crippen MR) is 84.1 cm³/mol. The molecule has 1 aromatic carbocycles. The predicted octanol–water partition coefficient (Wildman–Crippen LogP) is 6.20. The van der Waals surface area contributed by atoms with E-state index >= 15 is 0 Å². The van der Waals surface area contributed by atoms with Gasteiger partial charge in [0, 0.05) is 0 Å². The zero-order chi connectivity index (χ0) is 15.9. The number of hydrogen-bond acceptors (Lipinski definition) is 0. The van der Waals surface area contributed by atoms with Crippen LogP contribution < -0.4 is 0 Å². The molecule has 1 aliphatic carbocycles. The monoisotopic (exact) mass is 310 g/mol. The van der Waals surface area contributed by atoms with Crippen LogP contribution in [0.15, 0.2) is 24.3 Å². The molecule has 0 N–H and O–H groups in total. The molecular formula is C19H25F3. The molecule has 0 atom stereocenters. The van der Waals surface area contributed by atoms with Crippen LogP contribution in [-0.2, 0) is 6.42 Å². The summed E-state index contributed by atoms with van der Waals surface area (Å²) in [6.07, 6.45) is 13.3. The second-order valence-electron chi connectivity index (χ2n) is 6.41. The molecule has 22 heavy (non-hydrogen) atoms. The van der Waals surface area contributed by atoms with Crippen molar-refractivity contribution in [2.45, 2.75) is 58.3 Å². The average Bonchev–Trinajstić information content (AvgIpc) is 2.52. The highest BCUT2D eigenvalue weighted by Crippen LogP contribution is 2.32. The zero-order valence-corrected chi connectivity index (χ0v) is 13.3. The summed E-state index contributed by atoms with van der Waals surface area (Å²) < 4.78 is 39.3. The third-order valence-corrected chi connectivity index (χ3v) is 4.64. The maximum absolute atomic E-state index is 13.2. The van der Waals surface area contributed by atoms with E-state index in [1.54, 1.807) is 0 Å². The lowest BCUT2D eigenvalue weighted by atomic mass is 9.79. The van der Waals surface area contributed by atoms with Gasteiger partial charge in [-0.2, -0.15) is 0 Å². The van der Waals surface area contributed by atoms with Gasteiger partial charge >= 0.3 is 0 Å². The summed E-state index contributed by atoms with van der Waals surface area (Å²) in [6, 6.07) is 2.25. The van der Waals surface area contributed by atoms with Crippen LogP contribution in [-0.4, -0.2) is 0 Å². The minimum absolute atomic E-state index is 0.557. The lowest BCUT2D eigenvalue weighted by molar-refractivity contribution is 0.295. The molecule has 0 unspecified atom stereocenters. The van der Waals surface area contributed by atoms with Gasteiger partial charge in [-0.05, 0) is 74.5 Å². The number of unbranched alkanes of at least 4 members (excludes halogenated alkanes) is 1. The van der Waals surface area contributed by atoms with Gasteiger partial charge in [-0.1, -0.05) is 25.5 Å². The summed E-state index contributed by atoms with van der Waals surface area (Å²) in [4.78, 5) is 0. The molecule has 0 spiro atoms. The molecule has 0 nitrogen and oxygen atoms in total. The van der Waals surface area contributed by atoms with E-state index in [0.29, 0.717) is 23.8 Å². The van der Waals surface area contributed by atoms with Crippen LogP contribution in [0.3, 0.4) is 0 Å². The molecule has 0 aromatic heterocycles. The topological polar surface area (TPSA) is 0 Å². The van der Waals surface area contributed by atoms with Crippen molar-refractivity contribution in [3.8, 4) is 0 Å². The Morgan fingerprint density at radius 1 is 1.05 bits per heavy atom. The Balaban J connectivity index is 1.77. The van der Waals surface area contributed by atoms with E-state index in [2.05, 4.69) is 19.1 Å². The lowest BCUT2D eigenvalue weighted by Gasteiger charge is -2.26. The number of hydrogen-bond donors (Lipinski definition) is 0. The highest BCUT2D eigenvalue weighted by molar-refractivity contribution is 5.19. The highest BCUT2D eigenvalue weighted by Gasteiger charge is 2.19. The Bertz CT molecular complexity index is 476. The molecule has 0 bridgehead atoms. The van der Waals surface area contributed by atoms with Crippen LogP contribution in [0.1, 0.15) is 57.4 Å². The van der Waals surface area contributed by atoms with Gasteiger partial charge in [0.25, 0.3) is 0 Å². The molecular weight excluding hydrogens is 285 g/mol. The van der Waals surface area contributed by atoms with Crippen molar-refractivity contribution in [3.63, 3.8) is 0 Å². The first-order valence-electron chi connectivity index (χ1n) is 8.40. The van der Waals surface area contributed by atoms with Gasteiger partial charge in [0.05, 0.1) is 0 Å². The summed E-state index contributed by atoms with van der Waals surface area (Å²) in [5, 5.41) is 0. The van der Waals surface area contributed by atoms with Crippen LogP contribution >= 0.6 is 0 Å². The van der Waals surface area contributed by atoms with Crippen molar-refractivity contribution in [1.82, 2.24) is 0 Å². The van der Waals surface area contributed by atoms with Gasteiger partial charge in [-0.15, -0.1) is 0 Å². The molecule has 2 rings (SSSR count). The molecule has 1 saturated carbocycles. The van der Waals surface area contributed by atoms with Crippen molar-refractivity contribution < 1.29 is 13.2 Å². The quantitative estimate of drug-likeness (QED) is 0.433. The smallest absolute Gasteiger partial charge is 0.194 e. The first-order chi connectivity index (χ1) is 10.6. The highest BCUT2D eigenvalue weighted by atomic mass is 19.2. The fraction of sp³-hybridized carbons (Fsp3) is 0.579. The molecule has 0 amide bonds. The average molecular weight is 310 g/mol. The molecule has 1 aromatic rings. The third kappa shape index (κ3) is 4.89. The van der Waals surface area contributed by atoms with Crippen LogP contribution in [0.2, 0.25) is 0 Å². The molecule has 1 fully saturated rings. The minimum atomic E-state index is -1.37. The van der Waals surface area contributed by atoms with Gasteiger partial charge in [0.1, 0.15) is 0 Å². The maximum Gasteiger partial charge on any atom is 0.194 e. The molecule has 0 radical (unpaired) electrons. The summed E-state index contributed by atoms with van der Waals surface area (Å²) >= 11 is 0. The second kappa shape index (κ2) is 8.40. The summed E-state index contributed by atoms with van der Waals surface area (Å²) in [5.41, 5.74) is 0.557. The number of rotatable bonds is 6. The van der Waals surface area contributed by atoms with E-state index in [0.717, 1.165) is 25.0 Å². The molecule has 1 aliphatic rings. The fourth-order valence-electron chi connectivity index (χ4n) is 3.25. The number of benzene rings is 1. The van der Waals surface area contributed by atoms with E-state index < -0.39 is 17.5 Å². The van der Waals surface area contributed by atoms with Gasteiger partial charge in [-0.3, -0.25) is 0 Å². The van der Waals surface area contributed by atoms with E-state index in [-0.39, 0.29) is 0 Å². The Hall–Kier alpha value is -1.25. The Morgan fingerprint density at radius 2 is 1.68 bits per heavy atom. The number of halogens is 3. The number of allylic oxidation sites excluding steroid dienone is 2. The SMILES string of the molecule is CCC/C=C/C1CCC(CCc2cc(F)c(F)c(F)c2)CC1. The van der Waals surface area contributed by atoms with Gasteiger partial charge in [0.2, 0.25) is 0 Å². The van der Waals surface area contributed by atoms with Crippen molar-refractivity contribution in [2.75, 3.05) is 0 Å². The summed E-state index contributed by atoms with van der Waals surface area (Å²) in [5.74, 6) is -2.22. The standard InChI is InChI=1S/C19H25F3/c1-2-3-4-5-14-6-8-15(9-7-14)10-11-16-12-17(20)19(22)18(21)13-16/h4-5,12-15H,2-3,6-11H2,1H3/b5-4+. The summed E-state index contributed by atoms with van der Waals surface area (Å²) in [6.45, 7) is 2.18. The second-order valence-corrected chi connectivity index (χ2v) is 6.41. The van der Waals surface area contributed by atoms with E-state index in [9.17, 15) is 13.2 Å². The third-order valence-electron chi connectivity index (χ3n) is 4.64.